The summed E-state index contributed by atoms with van der Waals surface area (Å²) in [6.07, 6.45) is 0. The summed E-state index contributed by atoms with van der Waals surface area (Å²) < 4.78 is 19.1. The first kappa shape index (κ1) is 13.1. The van der Waals surface area contributed by atoms with Gasteiger partial charge in [0, 0.05) is 6.04 Å². The lowest BCUT2D eigenvalue weighted by molar-refractivity contribution is 0.442. The highest BCUT2D eigenvalue weighted by atomic mass is 19.1. The maximum atomic E-state index is 13.6. The van der Waals surface area contributed by atoms with E-state index in [0.29, 0.717) is 5.75 Å². The summed E-state index contributed by atoms with van der Waals surface area (Å²) in [5, 5.41) is 8.66. The van der Waals surface area contributed by atoms with Crippen molar-refractivity contribution in [3.63, 3.8) is 0 Å². The van der Waals surface area contributed by atoms with Gasteiger partial charge in [0.15, 0.2) is 11.6 Å². The van der Waals surface area contributed by atoms with Crippen molar-refractivity contribution >= 4 is 0 Å². The van der Waals surface area contributed by atoms with E-state index in [1.807, 2.05) is 25.1 Å². The van der Waals surface area contributed by atoms with Crippen LogP contribution in [-0.2, 0) is 0 Å². The van der Waals surface area contributed by atoms with Crippen molar-refractivity contribution in [3.05, 3.63) is 59.4 Å². The number of benzene rings is 2. The Hall–Kier alpha value is -2.38. The molecule has 0 unspecified atom stereocenters. The standard InChI is InChI=1S/C15H13FN2O/c1-10(18)12-3-5-13(6-4-12)19-15-7-2-11(9-17)8-14(15)16/h2-8,10H,18H2,1H3/t10-/m0/s1. The molecule has 4 heteroatoms. The van der Waals surface area contributed by atoms with Gasteiger partial charge in [-0.3, -0.25) is 0 Å². The SMILES string of the molecule is C[C@H](N)c1ccc(Oc2ccc(C#N)cc2F)cc1. The summed E-state index contributed by atoms with van der Waals surface area (Å²) in [4.78, 5) is 0. The van der Waals surface area contributed by atoms with Crippen LogP contribution in [0.4, 0.5) is 4.39 Å². The minimum atomic E-state index is -0.560. The Morgan fingerprint density at radius 2 is 1.89 bits per heavy atom. The van der Waals surface area contributed by atoms with Gasteiger partial charge in [-0.25, -0.2) is 4.39 Å². The molecule has 0 saturated heterocycles. The van der Waals surface area contributed by atoms with Crippen LogP contribution in [0.3, 0.4) is 0 Å². The van der Waals surface area contributed by atoms with E-state index in [1.165, 1.54) is 12.1 Å². The Bertz CT molecular complexity index is 615. The van der Waals surface area contributed by atoms with Crippen molar-refractivity contribution in [3.8, 4) is 17.6 Å². The largest absolute Gasteiger partial charge is 0.454 e. The number of hydrogen-bond acceptors (Lipinski definition) is 3. The fourth-order valence-electron chi connectivity index (χ4n) is 1.62. The van der Waals surface area contributed by atoms with Gasteiger partial charge in [-0.2, -0.15) is 5.26 Å². The van der Waals surface area contributed by atoms with Crippen molar-refractivity contribution < 1.29 is 9.13 Å². The molecule has 0 bridgehead atoms. The molecule has 19 heavy (non-hydrogen) atoms. The van der Waals surface area contributed by atoms with E-state index in [0.717, 1.165) is 11.6 Å². The Morgan fingerprint density at radius 1 is 1.21 bits per heavy atom. The summed E-state index contributed by atoms with van der Waals surface area (Å²) in [6, 6.07) is 13.0. The average molecular weight is 256 g/mol. The molecule has 0 aliphatic carbocycles. The van der Waals surface area contributed by atoms with Crippen LogP contribution in [-0.4, -0.2) is 0 Å². The van der Waals surface area contributed by atoms with E-state index >= 15 is 0 Å². The van der Waals surface area contributed by atoms with Crippen LogP contribution in [0, 0.1) is 17.1 Å². The van der Waals surface area contributed by atoms with Gasteiger partial charge in [-0.1, -0.05) is 12.1 Å². The summed E-state index contributed by atoms with van der Waals surface area (Å²) >= 11 is 0. The monoisotopic (exact) mass is 256 g/mol. The highest BCUT2D eigenvalue weighted by Gasteiger charge is 2.06. The summed E-state index contributed by atoms with van der Waals surface area (Å²) in [6.45, 7) is 1.89. The van der Waals surface area contributed by atoms with Gasteiger partial charge in [0.25, 0.3) is 0 Å². The van der Waals surface area contributed by atoms with Gasteiger partial charge in [-0.15, -0.1) is 0 Å². The second-order valence-corrected chi connectivity index (χ2v) is 4.22. The smallest absolute Gasteiger partial charge is 0.167 e. The van der Waals surface area contributed by atoms with Crippen LogP contribution in [0.5, 0.6) is 11.5 Å². The normalized spacial score (nSPS) is 11.7. The molecule has 96 valence electrons. The molecule has 2 N–H and O–H groups in total. The fraction of sp³-hybridized carbons (Fsp3) is 0.133. The third kappa shape index (κ3) is 3.09. The zero-order valence-corrected chi connectivity index (χ0v) is 10.4. The molecule has 3 nitrogen and oxygen atoms in total. The van der Waals surface area contributed by atoms with E-state index in [4.69, 9.17) is 15.7 Å². The zero-order chi connectivity index (χ0) is 13.8. The van der Waals surface area contributed by atoms with Gasteiger partial charge < -0.3 is 10.5 Å². The van der Waals surface area contributed by atoms with Crippen LogP contribution in [0.2, 0.25) is 0 Å². The number of nitrogens with zero attached hydrogens (tertiary/aromatic N) is 1. The first-order valence-electron chi connectivity index (χ1n) is 5.83. The first-order valence-corrected chi connectivity index (χ1v) is 5.83. The molecule has 0 spiro atoms. The van der Waals surface area contributed by atoms with Crippen LogP contribution < -0.4 is 10.5 Å². The van der Waals surface area contributed by atoms with Crippen LogP contribution >= 0.6 is 0 Å². The predicted molar refractivity (Wildman–Crippen MR) is 70.2 cm³/mol. The molecule has 1 atom stereocenters. The molecule has 2 rings (SSSR count). The molecule has 0 aliphatic heterocycles. The van der Waals surface area contributed by atoms with Gasteiger partial charge in [0.05, 0.1) is 11.6 Å². The molecule has 0 amide bonds. The van der Waals surface area contributed by atoms with E-state index in [9.17, 15) is 4.39 Å². The third-order valence-corrected chi connectivity index (χ3v) is 2.69. The molecule has 0 aromatic heterocycles. The van der Waals surface area contributed by atoms with Gasteiger partial charge in [0.1, 0.15) is 5.75 Å². The lowest BCUT2D eigenvalue weighted by Gasteiger charge is -2.09. The summed E-state index contributed by atoms with van der Waals surface area (Å²) in [7, 11) is 0. The molecule has 0 saturated carbocycles. The van der Waals surface area contributed by atoms with Crippen LogP contribution in [0.15, 0.2) is 42.5 Å². The molecular weight excluding hydrogens is 243 g/mol. The molecule has 0 fully saturated rings. The van der Waals surface area contributed by atoms with Gasteiger partial charge >= 0.3 is 0 Å². The first-order chi connectivity index (χ1) is 9.10. The van der Waals surface area contributed by atoms with Gasteiger partial charge in [-0.05, 0) is 42.8 Å². The Kier molecular flexibility index (Phi) is 3.79. The second-order valence-electron chi connectivity index (χ2n) is 4.22. The lowest BCUT2D eigenvalue weighted by Crippen LogP contribution is -2.04. The highest BCUT2D eigenvalue weighted by molar-refractivity contribution is 5.39. The second kappa shape index (κ2) is 5.51. The topological polar surface area (TPSA) is 59.0 Å². The molecule has 2 aromatic rings. The Balaban J connectivity index is 2.19. The number of nitrogens with two attached hydrogens (primary N) is 1. The molecular formula is C15H13FN2O. The highest BCUT2D eigenvalue weighted by Crippen LogP contribution is 2.26. The number of rotatable bonds is 3. The third-order valence-electron chi connectivity index (χ3n) is 2.69. The lowest BCUT2D eigenvalue weighted by atomic mass is 10.1. The van der Waals surface area contributed by atoms with Crippen LogP contribution in [0.25, 0.3) is 0 Å². The maximum absolute atomic E-state index is 13.6. The fourth-order valence-corrected chi connectivity index (χ4v) is 1.62. The quantitative estimate of drug-likeness (QED) is 0.914. The van der Waals surface area contributed by atoms with E-state index in [1.54, 1.807) is 12.1 Å². The molecule has 0 radical (unpaired) electrons. The molecule has 2 aromatic carbocycles. The average Bonchev–Trinajstić information content (AvgIpc) is 2.41. The number of halogens is 1. The number of hydrogen-bond donors (Lipinski definition) is 1. The van der Waals surface area contributed by atoms with E-state index in [-0.39, 0.29) is 17.4 Å². The van der Waals surface area contributed by atoms with Gasteiger partial charge in [0.2, 0.25) is 0 Å². The minimum Gasteiger partial charge on any atom is -0.454 e. The van der Waals surface area contributed by atoms with Crippen molar-refractivity contribution in [2.24, 2.45) is 5.73 Å². The van der Waals surface area contributed by atoms with Crippen molar-refractivity contribution in [1.82, 2.24) is 0 Å². The Labute approximate surface area is 111 Å². The minimum absolute atomic E-state index is 0.0549. The zero-order valence-electron chi connectivity index (χ0n) is 10.4. The summed E-state index contributed by atoms with van der Waals surface area (Å²) in [5.41, 5.74) is 6.98. The van der Waals surface area contributed by atoms with Crippen molar-refractivity contribution in [2.75, 3.05) is 0 Å². The Morgan fingerprint density at radius 3 is 2.42 bits per heavy atom. The van der Waals surface area contributed by atoms with Crippen LogP contribution in [0.1, 0.15) is 24.1 Å². The number of ether oxygens (including phenoxy) is 1. The summed E-state index contributed by atoms with van der Waals surface area (Å²) in [5.74, 6) is 0.0517. The van der Waals surface area contributed by atoms with E-state index in [2.05, 4.69) is 0 Å². The van der Waals surface area contributed by atoms with E-state index < -0.39 is 5.82 Å². The predicted octanol–water partition coefficient (Wildman–Crippen LogP) is 3.51. The molecule has 0 heterocycles. The van der Waals surface area contributed by atoms with Crippen molar-refractivity contribution in [2.45, 2.75) is 13.0 Å². The maximum Gasteiger partial charge on any atom is 0.167 e. The molecule has 0 aliphatic rings. The number of nitriles is 1. The van der Waals surface area contributed by atoms with Crippen molar-refractivity contribution in [1.29, 1.82) is 5.26 Å².